The Hall–Kier alpha value is -1.33. The number of hydrogen-bond donors (Lipinski definition) is 0. The van der Waals surface area contributed by atoms with E-state index in [9.17, 15) is 4.79 Å². The molecule has 0 fully saturated rings. The zero-order valence-corrected chi connectivity index (χ0v) is 11.2. The Morgan fingerprint density at radius 1 is 1.00 bits per heavy atom. The van der Waals surface area contributed by atoms with Gasteiger partial charge in [0.1, 0.15) is 6.29 Å². The molecule has 2 aromatic rings. The Morgan fingerprint density at radius 2 is 1.56 bits per heavy atom. The second-order valence-electron chi connectivity index (χ2n) is 3.47. The predicted octanol–water partition coefficient (Wildman–Crippen LogP) is 2.93. The summed E-state index contributed by atoms with van der Waals surface area (Å²) in [5.74, 6) is 0.750. The lowest BCUT2D eigenvalue weighted by Crippen LogP contribution is -2.07. The average Bonchev–Trinajstić information content (AvgIpc) is 2.45. The molecule has 2 heterocycles. The van der Waals surface area contributed by atoms with E-state index in [2.05, 4.69) is 9.97 Å². The Labute approximate surface area is 114 Å². The number of hydrogen-bond acceptors (Lipinski definition) is 5. The Balaban J connectivity index is 1.88. The fourth-order valence-electron chi connectivity index (χ4n) is 1.31. The summed E-state index contributed by atoms with van der Waals surface area (Å²) >= 11 is 3.23. The number of pyridine rings is 2. The Bertz CT molecular complexity index is 479. The van der Waals surface area contributed by atoms with Crippen molar-refractivity contribution >= 4 is 29.8 Å². The SMILES string of the molecule is O=CC(CSc1ccncc1)Sc1ccncc1. The van der Waals surface area contributed by atoms with Gasteiger partial charge in [-0.2, -0.15) is 0 Å². The minimum absolute atomic E-state index is 0.0504. The molecule has 0 aliphatic heterocycles. The third-order valence-electron chi connectivity index (χ3n) is 2.15. The van der Waals surface area contributed by atoms with Gasteiger partial charge in [-0.25, -0.2) is 0 Å². The van der Waals surface area contributed by atoms with E-state index < -0.39 is 0 Å². The molecule has 1 unspecified atom stereocenters. The van der Waals surface area contributed by atoms with Crippen molar-refractivity contribution in [3.05, 3.63) is 49.1 Å². The van der Waals surface area contributed by atoms with Crippen molar-refractivity contribution in [3.63, 3.8) is 0 Å². The van der Waals surface area contributed by atoms with Crippen LogP contribution in [0.2, 0.25) is 0 Å². The van der Waals surface area contributed by atoms with Gasteiger partial charge in [0, 0.05) is 40.3 Å². The number of rotatable bonds is 6. The van der Waals surface area contributed by atoms with Gasteiger partial charge in [0.15, 0.2) is 0 Å². The van der Waals surface area contributed by atoms with Crippen molar-refractivity contribution in [2.24, 2.45) is 0 Å². The van der Waals surface area contributed by atoms with Gasteiger partial charge in [0.05, 0.1) is 5.25 Å². The minimum atomic E-state index is -0.0504. The van der Waals surface area contributed by atoms with Crippen molar-refractivity contribution in [2.45, 2.75) is 15.0 Å². The maximum absolute atomic E-state index is 11.1. The summed E-state index contributed by atoms with van der Waals surface area (Å²) in [5, 5.41) is -0.0504. The van der Waals surface area contributed by atoms with Crippen molar-refractivity contribution in [1.29, 1.82) is 0 Å². The monoisotopic (exact) mass is 276 g/mol. The summed E-state index contributed by atoms with van der Waals surface area (Å²) in [6.45, 7) is 0. The van der Waals surface area contributed by atoms with Gasteiger partial charge >= 0.3 is 0 Å². The predicted molar refractivity (Wildman–Crippen MR) is 74.9 cm³/mol. The lowest BCUT2D eigenvalue weighted by Gasteiger charge is -2.09. The smallest absolute Gasteiger partial charge is 0.134 e. The first-order valence-electron chi connectivity index (χ1n) is 5.43. The first kappa shape index (κ1) is 13.1. The lowest BCUT2D eigenvalue weighted by molar-refractivity contribution is -0.107. The molecule has 0 amide bonds. The molecule has 0 aromatic carbocycles. The van der Waals surface area contributed by atoms with E-state index in [1.165, 1.54) is 0 Å². The molecule has 0 saturated carbocycles. The van der Waals surface area contributed by atoms with Crippen LogP contribution in [0.4, 0.5) is 0 Å². The van der Waals surface area contributed by atoms with E-state index in [1.54, 1.807) is 48.3 Å². The molecule has 92 valence electrons. The lowest BCUT2D eigenvalue weighted by atomic mass is 10.5. The third kappa shape index (κ3) is 4.16. The first-order chi connectivity index (χ1) is 8.88. The highest BCUT2D eigenvalue weighted by molar-refractivity contribution is 8.03. The molecule has 5 heteroatoms. The van der Waals surface area contributed by atoms with Gasteiger partial charge in [-0.3, -0.25) is 9.97 Å². The highest BCUT2D eigenvalue weighted by Gasteiger charge is 2.09. The van der Waals surface area contributed by atoms with Crippen molar-refractivity contribution in [2.75, 3.05) is 5.75 Å². The van der Waals surface area contributed by atoms with Crippen LogP contribution in [-0.2, 0) is 4.79 Å². The normalized spacial score (nSPS) is 12.0. The van der Waals surface area contributed by atoms with Crippen molar-refractivity contribution < 1.29 is 4.79 Å². The van der Waals surface area contributed by atoms with E-state index in [0.29, 0.717) is 0 Å². The number of aldehydes is 1. The number of carbonyl (C=O) groups is 1. The molecule has 0 spiro atoms. The molecule has 3 nitrogen and oxygen atoms in total. The minimum Gasteiger partial charge on any atom is -0.302 e. The summed E-state index contributed by atoms with van der Waals surface area (Å²) in [4.78, 5) is 21.2. The maximum Gasteiger partial charge on any atom is 0.134 e. The molecule has 0 saturated heterocycles. The summed E-state index contributed by atoms with van der Waals surface area (Å²) in [5.41, 5.74) is 0. The van der Waals surface area contributed by atoms with Crippen LogP contribution in [0.5, 0.6) is 0 Å². The van der Waals surface area contributed by atoms with Gasteiger partial charge < -0.3 is 4.79 Å². The number of carbonyl (C=O) groups excluding carboxylic acids is 1. The number of nitrogens with zero attached hydrogens (tertiary/aromatic N) is 2. The van der Waals surface area contributed by atoms with Gasteiger partial charge in [0.25, 0.3) is 0 Å². The molecule has 18 heavy (non-hydrogen) atoms. The topological polar surface area (TPSA) is 42.9 Å². The van der Waals surface area contributed by atoms with E-state index in [0.717, 1.165) is 21.8 Å². The molecule has 0 aliphatic carbocycles. The maximum atomic E-state index is 11.1. The van der Waals surface area contributed by atoms with Crippen LogP contribution >= 0.6 is 23.5 Å². The van der Waals surface area contributed by atoms with E-state index in [1.807, 2.05) is 24.3 Å². The molecule has 2 aromatic heterocycles. The van der Waals surface area contributed by atoms with Crippen molar-refractivity contribution in [1.82, 2.24) is 9.97 Å². The van der Waals surface area contributed by atoms with Gasteiger partial charge in [-0.1, -0.05) is 0 Å². The number of thioether (sulfide) groups is 2. The molecule has 0 radical (unpaired) electrons. The zero-order chi connectivity index (χ0) is 12.6. The zero-order valence-electron chi connectivity index (χ0n) is 9.60. The highest BCUT2D eigenvalue weighted by atomic mass is 32.2. The van der Waals surface area contributed by atoms with E-state index in [-0.39, 0.29) is 5.25 Å². The van der Waals surface area contributed by atoms with Gasteiger partial charge in [-0.05, 0) is 24.3 Å². The average molecular weight is 276 g/mol. The highest BCUT2D eigenvalue weighted by Crippen LogP contribution is 2.26. The van der Waals surface area contributed by atoms with Crippen LogP contribution in [0, 0.1) is 0 Å². The Morgan fingerprint density at radius 3 is 2.11 bits per heavy atom. The van der Waals surface area contributed by atoms with Gasteiger partial charge in [-0.15, -0.1) is 23.5 Å². The number of aromatic nitrogens is 2. The molecule has 0 N–H and O–H groups in total. The second-order valence-corrected chi connectivity index (χ2v) is 5.88. The summed E-state index contributed by atoms with van der Waals surface area (Å²) in [6.07, 6.45) is 7.99. The van der Waals surface area contributed by atoms with E-state index >= 15 is 0 Å². The van der Waals surface area contributed by atoms with Crippen LogP contribution in [0.3, 0.4) is 0 Å². The Kier molecular flexibility index (Phi) is 5.23. The quantitative estimate of drug-likeness (QED) is 0.599. The fraction of sp³-hybridized carbons (Fsp3) is 0.154. The molecule has 0 aliphatic rings. The molecule has 2 rings (SSSR count). The van der Waals surface area contributed by atoms with Crippen LogP contribution in [0.25, 0.3) is 0 Å². The third-order valence-corrected chi connectivity index (χ3v) is 4.62. The van der Waals surface area contributed by atoms with E-state index in [4.69, 9.17) is 0 Å². The molecule has 1 atom stereocenters. The molecule has 0 bridgehead atoms. The fourth-order valence-corrected chi connectivity index (χ4v) is 3.22. The summed E-state index contributed by atoms with van der Waals surface area (Å²) < 4.78 is 0. The molecular formula is C13H12N2OS2. The van der Waals surface area contributed by atoms with Crippen LogP contribution in [-0.4, -0.2) is 27.3 Å². The first-order valence-corrected chi connectivity index (χ1v) is 7.30. The van der Waals surface area contributed by atoms with Crippen molar-refractivity contribution in [3.8, 4) is 0 Å². The van der Waals surface area contributed by atoms with Crippen LogP contribution in [0.15, 0.2) is 58.8 Å². The summed E-state index contributed by atoms with van der Waals surface area (Å²) in [7, 11) is 0. The summed E-state index contributed by atoms with van der Waals surface area (Å²) in [6, 6.07) is 7.73. The van der Waals surface area contributed by atoms with Crippen LogP contribution < -0.4 is 0 Å². The second kappa shape index (κ2) is 7.18. The molecular weight excluding hydrogens is 264 g/mol. The standard InChI is InChI=1S/C13H12N2OS2/c16-9-13(18-12-3-7-15-8-4-12)10-17-11-1-5-14-6-2-11/h1-9,13H,10H2. The van der Waals surface area contributed by atoms with Gasteiger partial charge in [0.2, 0.25) is 0 Å². The van der Waals surface area contributed by atoms with Crippen LogP contribution in [0.1, 0.15) is 0 Å². The largest absolute Gasteiger partial charge is 0.302 e.